The minimum Gasteiger partial charge on any atom is -0.370 e. The number of hydrogen-bond donors (Lipinski definition) is 3. The first-order valence-electron chi connectivity index (χ1n) is 5.92. The zero-order valence-corrected chi connectivity index (χ0v) is 11.9. The van der Waals surface area contributed by atoms with Crippen molar-refractivity contribution in [2.75, 3.05) is 13.7 Å². The number of nitrogens with zero attached hydrogens (tertiary/aromatic N) is 2. The Hall–Kier alpha value is -1.73. The Morgan fingerprint density at radius 2 is 2.37 bits per heavy atom. The molecule has 1 rings (SSSR count). The molecule has 19 heavy (non-hydrogen) atoms. The molecule has 0 aliphatic rings. The second-order valence-corrected chi connectivity index (χ2v) is 4.21. The van der Waals surface area contributed by atoms with Crippen LogP contribution in [0.1, 0.15) is 12.6 Å². The van der Waals surface area contributed by atoms with Gasteiger partial charge in [-0.2, -0.15) is 0 Å². The fourth-order valence-corrected chi connectivity index (χ4v) is 1.50. The Labute approximate surface area is 118 Å². The number of nitrogens with one attached hydrogen (secondary N) is 2. The van der Waals surface area contributed by atoms with Gasteiger partial charge in [-0.05, 0) is 31.3 Å². The number of nitrogens with two attached hydrogens (primary N) is 1. The van der Waals surface area contributed by atoms with Crippen molar-refractivity contribution in [3.63, 3.8) is 0 Å². The van der Waals surface area contributed by atoms with Crippen molar-refractivity contribution in [3.05, 3.63) is 30.1 Å². The molecule has 0 aromatic carbocycles. The molecule has 0 saturated carbocycles. The SMILES string of the molecule is COC(C)/N=C(\N)NC(=S)NCCc1ccccn1. The fraction of sp³-hybridized carbons (Fsp3) is 0.417. The summed E-state index contributed by atoms with van der Waals surface area (Å²) in [7, 11) is 1.56. The molecule has 1 unspecified atom stereocenters. The largest absolute Gasteiger partial charge is 0.370 e. The summed E-state index contributed by atoms with van der Waals surface area (Å²) in [5, 5.41) is 6.24. The Morgan fingerprint density at radius 1 is 1.58 bits per heavy atom. The van der Waals surface area contributed by atoms with E-state index in [4.69, 9.17) is 22.7 Å². The topological polar surface area (TPSA) is 84.6 Å². The Bertz CT molecular complexity index is 423. The molecule has 1 aromatic rings. The van der Waals surface area contributed by atoms with E-state index in [1.165, 1.54) is 0 Å². The van der Waals surface area contributed by atoms with Crippen LogP contribution in [0.4, 0.5) is 0 Å². The Kier molecular flexibility index (Phi) is 6.76. The van der Waals surface area contributed by atoms with Crippen molar-refractivity contribution in [1.82, 2.24) is 15.6 Å². The van der Waals surface area contributed by atoms with Crippen LogP contribution < -0.4 is 16.4 Å². The number of aliphatic imine (C=N–C) groups is 1. The van der Waals surface area contributed by atoms with E-state index in [9.17, 15) is 0 Å². The number of guanidine groups is 1. The Morgan fingerprint density at radius 3 is 3.00 bits per heavy atom. The molecule has 1 heterocycles. The fourth-order valence-electron chi connectivity index (χ4n) is 1.29. The lowest BCUT2D eigenvalue weighted by molar-refractivity contribution is 0.126. The average molecular weight is 281 g/mol. The zero-order chi connectivity index (χ0) is 14.1. The molecule has 104 valence electrons. The van der Waals surface area contributed by atoms with Gasteiger partial charge in [0.1, 0.15) is 6.23 Å². The highest BCUT2D eigenvalue weighted by Gasteiger charge is 2.01. The van der Waals surface area contributed by atoms with Gasteiger partial charge < -0.3 is 21.1 Å². The van der Waals surface area contributed by atoms with Crippen LogP contribution in [0.15, 0.2) is 29.4 Å². The van der Waals surface area contributed by atoms with Crippen LogP contribution in [0, 0.1) is 0 Å². The van der Waals surface area contributed by atoms with Gasteiger partial charge in [-0.25, -0.2) is 4.99 Å². The molecular weight excluding hydrogens is 262 g/mol. The minimum absolute atomic E-state index is 0.227. The molecule has 7 heteroatoms. The van der Waals surface area contributed by atoms with E-state index < -0.39 is 0 Å². The third kappa shape index (κ3) is 6.68. The van der Waals surface area contributed by atoms with Crippen LogP contribution >= 0.6 is 12.2 Å². The first kappa shape index (κ1) is 15.3. The molecule has 0 aliphatic heterocycles. The summed E-state index contributed by atoms with van der Waals surface area (Å²) in [6, 6.07) is 5.81. The van der Waals surface area contributed by atoms with Gasteiger partial charge in [0.25, 0.3) is 0 Å². The number of thiocarbonyl (C=S) groups is 1. The molecule has 0 fully saturated rings. The van der Waals surface area contributed by atoms with E-state index in [-0.39, 0.29) is 12.2 Å². The predicted molar refractivity (Wildman–Crippen MR) is 79.8 cm³/mol. The molecule has 0 aliphatic carbocycles. The average Bonchev–Trinajstić information content (AvgIpc) is 2.39. The van der Waals surface area contributed by atoms with E-state index in [1.807, 2.05) is 18.2 Å². The molecule has 6 nitrogen and oxygen atoms in total. The highest BCUT2D eigenvalue weighted by Crippen LogP contribution is 1.93. The highest BCUT2D eigenvalue weighted by molar-refractivity contribution is 7.80. The third-order valence-electron chi connectivity index (χ3n) is 2.30. The normalized spacial score (nSPS) is 12.8. The maximum absolute atomic E-state index is 5.65. The van der Waals surface area contributed by atoms with Crippen molar-refractivity contribution < 1.29 is 4.74 Å². The summed E-state index contributed by atoms with van der Waals surface area (Å²) in [5.41, 5.74) is 6.66. The summed E-state index contributed by atoms with van der Waals surface area (Å²) in [4.78, 5) is 8.24. The lowest BCUT2D eigenvalue weighted by Gasteiger charge is -2.11. The van der Waals surface area contributed by atoms with Crippen LogP contribution in [0.2, 0.25) is 0 Å². The maximum Gasteiger partial charge on any atom is 0.197 e. The Balaban J connectivity index is 2.26. The first-order valence-corrected chi connectivity index (χ1v) is 6.33. The van der Waals surface area contributed by atoms with Crippen LogP contribution in [-0.2, 0) is 11.2 Å². The monoisotopic (exact) mass is 281 g/mol. The van der Waals surface area contributed by atoms with E-state index in [0.717, 1.165) is 12.1 Å². The quantitative estimate of drug-likeness (QED) is 0.411. The lowest BCUT2D eigenvalue weighted by Crippen LogP contribution is -2.44. The maximum atomic E-state index is 5.65. The summed E-state index contributed by atoms with van der Waals surface area (Å²) in [6.45, 7) is 2.46. The zero-order valence-electron chi connectivity index (χ0n) is 11.1. The second-order valence-electron chi connectivity index (χ2n) is 3.80. The van der Waals surface area contributed by atoms with Crippen LogP contribution in [-0.4, -0.2) is 35.9 Å². The van der Waals surface area contributed by atoms with Gasteiger partial charge in [0.15, 0.2) is 11.1 Å². The van der Waals surface area contributed by atoms with Crippen LogP contribution in [0.3, 0.4) is 0 Å². The second kappa shape index (κ2) is 8.39. The summed E-state index contributed by atoms with van der Waals surface area (Å²) in [6.07, 6.45) is 2.25. The molecule has 0 bridgehead atoms. The van der Waals surface area contributed by atoms with Crippen molar-refractivity contribution in [1.29, 1.82) is 0 Å². The van der Waals surface area contributed by atoms with Crippen LogP contribution in [0.5, 0.6) is 0 Å². The number of methoxy groups -OCH3 is 1. The van der Waals surface area contributed by atoms with E-state index in [0.29, 0.717) is 11.7 Å². The first-order chi connectivity index (χ1) is 9.11. The van der Waals surface area contributed by atoms with Gasteiger partial charge in [-0.3, -0.25) is 4.98 Å². The predicted octanol–water partition coefficient (Wildman–Crippen LogP) is 0.395. The molecule has 0 amide bonds. The van der Waals surface area contributed by atoms with E-state index in [2.05, 4.69) is 20.6 Å². The van der Waals surface area contributed by atoms with E-state index >= 15 is 0 Å². The smallest absolute Gasteiger partial charge is 0.197 e. The molecule has 0 radical (unpaired) electrons. The van der Waals surface area contributed by atoms with Gasteiger partial charge in [-0.15, -0.1) is 0 Å². The minimum atomic E-state index is -0.302. The number of aromatic nitrogens is 1. The van der Waals surface area contributed by atoms with Crippen molar-refractivity contribution in [2.24, 2.45) is 10.7 Å². The number of rotatable bonds is 5. The summed E-state index contributed by atoms with van der Waals surface area (Å²) >= 11 is 5.09. The molecule has 0 saturated heterocycles. The van der Waals surface area contributed by atoms with E-state index in [1.54, 1.807) is 20.2 Å². The summed E-state index contributed by atoms with van der Waals surface area (Å²) < 4.78 is 4.96. The summed E-state index contributed by atoms with van der Waals surface area (Å²) in [5.74, 6) is 0.227. The lowest BCUT2D eigenvalue weighted by atomic mass is 10.3. The van der Waals surface area contributed by atoms with Crippen molar-refractivity contribution in [3.8, 4) is 0 Å². The molecule has 0 spiro atoms. The number of pyridine rings is 1. The van der Waals surface area contributed by atoms with Crippen molar-refractivity contribution >= 4 is 23.3 Å². The van der Waals surface area contributed by atoms with Gasteiger partial charge in [-0.1, -0.05) is 6.07 Å². The molecule has 4 N–H and O–H groups in total. The molecule has 1 aromatic heterocycles. The van der Waals surface area contributed by atoms with Gasteiger partial charge in [0, 0.05) is 32.0 Å². The van der Waals surface area contributed by atoms with Crippen LogP contribution in [0.25, 0.3) is 0 Å². The van der Waals surface area contributed by atoms with Gasteiger partial charge in [0.2, 0.25) is 0 Å². The number of ether oxygens (including phenoxy) is 1. The third-order valence-corrected chi connectivity index (χ3v) is 2.54. The highest BCUT2D eigenvalue weighted by atomic mass is 32.1. The number of hydrogen-bond acceptors (Lipinski definition) is 4. The standard InChI is InChI=1S/C12H19N5OS/c1-9(18-2)16-11(13)17-12(19)15-8-6-10-5-3-4-7-14-10/h3-5,7,9H,6,8H2,1-2H3,(H4,13,15,16,17,19). The van der Waals surface area contributed by atoms with Gasteiger partial charge in [0.05, 0.1) is 0 Å². The molecule has 1 atom stereocenters. The molecular formula is C12H19N5OS. The van der Waals surface area contributed by atoms with Crippen molar-refractivity contribution in [2.45, 2.75) is 19.6 Å². The van der Waals surface area contributed by atoms with Gasteiger partial charge >= 0.3 is 0 Å².